The van der Waals surface area contributed by atoms with E-state index in [9.17, 15) is 0 Å². The van der Waals surface area contributed by atoms with E-state index in [0.717, 1.165) is 11.2 Å². The zero-order chi connectivity index (χ0) is 12.9. The highest BCUT2D eigenvalue weighted by atomic mass is 79.9. The Kier molecular flexibility index (Phi) is 6.50. The van der Waals surface area contributed by atoms with Gasteiger partial charge in [-0.25, -0.2) is 0 Å². The molecule has 1 fully saturated rings. The molecule has 0 bridgehead atoms. The minimum absolute atomic E-state index is 0.119. The number of hydrogen-bond acceptors (Lipinski definition) is 1. The molecule has 1 atom stereocenters. The van der Waals surface area contributed by atoms with Gasteiger partial charge in [0.2, 0.25) is 0 Å². The van der Waals surface area contributed by atoms with Gasteiger partial charge in [-0.1, -0.05) is 49.5 Å². The molecule has 0 saturated heterocycles. The van der Waals surface area contributed by atoms with Crippen molar-refractivity contribution in [1.29, 1.82) is 0 Å². The third kappa shape index (κ3) is 4.55. The number of ether oxygens (including phenoxy) is 1. The molecule has 0 amide bonds. The molecule has 0 heterocycles. The fourth-order valence-electron chi connectivity index (χ4n) is 2.71. The maximum atomic E-state index is 6.37. The van der Waals surface area contributed by atoms with E-state index in [2.05, 4.69) is 43.6 Å². The summed E-state index contributed by atoms with van der Waals surface area (Å²) in [5, 5.41) is 0.996. The monoisotopic (exact) mass is 304 g/mol. The Bertz CT molecular complexity index is 207. The van der Waals surface area contributed by atoms with Crippen LogP contribution in [0.25, 0.3) is 0 Å². The van der Waals surface area contributed by atoms with Gasteiger partial charge in [-0.3, -0.25) is 0 Å². The van der Waals surface area contributed by atoms with Crippen molar-refractivity contribution in [3.05, 3.63) is 0 Å². The maximum Gasteiger partial charge on any atom is 0.0782 e. The summed E-state index contributed by atoms with van der Waals surface area (Å²) < 4.78 is 6.37. The fourth-order valence-corrected chi connectivity index (χ4v) is 3.41. The average Bonchev–Trinajstić information content (AvgIpc) is 2.32. The van der Waals surface area contributed by atoms with Crippen LogP contribution in [0.5, 0.6) is 0 Å². The van der Waals surface area contributed by atoms with E-state index in [0.29, 0.717) is 12.0 Å². The summed E-state index contributed by atoms with van der Waals surface area (Å²) in [5.41, 5.74) is 0.119. The molecule has 1 aliphatic rings. The third-order valence-electron chi connectivity index (χ3n) is 4.33. The van der Waals surface area contributed by atoms with Gasteiger partial charge in [0, 0.05) is 5.33 Å². The molecule has 1 unspecified atom stereocenters. The van der Waals surface area contributed by atoms with Gasteiger partial charge in [0.15, 0.2) is 0 Å². The van der Waals surface area contributed by atoms with Gasteiger partial charge >= 0.3 is 0 Å². The smallest absolute Gasteiger partial charge is 0.0782 e. The molecule has 1 saturated carbocycles. The van der Waals surface area contributed by atoms with Crippen LogP contribution in [-0.2, 0) is 4.74 Å². The summed E-state index contributed by atoms with van der Waals surface area (Å²) in [7, 11) is 0. The van der Waals surface area contributed by atoms with Crippen LogP contribution in [-0.4, -0.2) is 17.0 Å². The maximum absolute atomic E-state index is 6.37. The summed E-state index contributed by atoms with van der Waals surface area (Å²) in [6.45, 7) is 9.00. The number of rotatable bonds is 6. The lowest BCUT2D eigenvalue weighted by molar-refractivity contribution is -0.112. The van der Waals surface area contributed by atoms with Gasteiger partial charge in [-0.15, -0.1) is 0 Å². The van der Waals surface area contributed by atoms with Gasteiger partial charge in [0.25, 0.3) is 0 Å². The molecule has 0 N–H and O–H groups in total. The molecule has 1 aliphatic carbocycles. The molecule has 1 nitrogen and oxygen atoms in total. The minimum atomic E-state index is 0.119. The van der Waals surface area contributed by atoms with Crippen LogP contribution >= 0.6 is 15.9 Å². The zero-order valence-corrected chi connectivity index (χ0v) is 13.6. The lowest BCUT2D eigenvalue weighted by atomic mass is 9.78. The third-order valence-corrected chi connectivity index (χ3v) is 5.35. The quantitative estimate of drug-likeness (QED) is 0.615. The second kappa shape index (κ2) is 7.13. The fraction of sp³-hybridized carbons (Fsp3) is 1.00. The van der Waals surface area contributed by atoms with Crippen LogP contribution < -0.4 is 0 Å². The molecule has 102 valence electrons. The molecule has 0 aromatic heterocycles. The largest absolute Gasteiger partial charge is 0.371 e. The predicted octanol–water partition coefficient (Wildman–Crippen LogP) is 5.17. The summed E-state index contributed by atoms with van der Waals surface area (Å²) in [4.78, 5) is 0. The SMILES string of the molecule is CCCC1CCC(CBr)(OC(C)C(C)C)CC1. The molecular formula is C15H29BrO. The van der Waals surface area contributed by atoms with E-state index >= 15 is 0 Å². The van der Waals surface area contributed by atoms with Crippen molar-refractivity contribution in [3.8, 4) is 0 Å². The standard InChI is InChI=1S/C15H29BrO/c1-5-6-14-7-9-15(11-16,10-8-14)17-13(4)12(2)3/h12-14H,5-11H2,1-4H3. The van der Waals surface area contributed by atoms with E-state index in [1.807, 2.05) is 0 Å². The second-order valence-electron chi connectivity index (χ2n) is 6.12. The number of halogens is 1. The Morgan fingerprint density at radius 3 is 2.24 bits per heavy atom. The topological polar surface area (TPSA) is 9.23 Å². The lowest BCUT2D eigenvalue weighted by Crippen LogP contribution is -2.42. The van der Waals surface area contributed by atoms with Crippen molar-refractivity contribution in [2.24, 2.45) is 11.8 Å². The van der Waals surface area contributed by atoms with Gasteiger partial charge in [0.1, 0.15) is 0 Å². The summed E-state index contributed by atoms with van der Waals surface area (Å²) >= 11 is 3.68. The van der Waals surface area contributed by atoms with Gasteiger partial charge in [0.05, 0.1) is 11.7 Å². The first-order chi connectivity index (χ1) is 8.03. The molecule has 0 aromatic carbocycles. The number of alkyl halides is 1. The van der Waals surface area contributed by atoms with Crippen molar-refractivity contribution in [2.75, 3.05) is 5.33 Å². The van der Waals surface area contributed by atoms with Crippen molar-refractivity contribution >= 4 is 15.9 Å². The van der Waals surface area contributed by atoms with Crippen molar-refractivity contribution in [2.45, 2.75) is 77.9 Å². The van der Waals surface area contributed by atoms with Gasteiger partial charge < -0.3 is 4.74 Å². The highest BCUT2D eigenvalue weighted by Crippen LogP contribution is 2.39. The first kappa shape index (κ1) is 15.5. The molecule has 0 radical (unpaired) electrons. The Morgan fingerprint density at radius 2 is 1.82 bits per heavy atom. The average molecular weight is 305 g/mol. The molecule has 1 rings (SSSR count). The first-order valence-electron chi connectivity index (χ1n) is 7.26. The Labute approximate surface area is 116 Å². The van der Waals surface area contributed by atoms with Crippen LogP contribution in [0.2, 0.25) is 0 Å². The Morgan fingerprint density at radius 1 is 1.24 bits per heavy atom. The number of hydrogen-bond donors (Lipinski definition) is 0. The van der Waals surface area contributed by atoms with Gasteiger partial charge in [-0.05, 0) is 44.4 Å². The van der Waals surface area contributed by atoms with Crippen molar-refractivity contribution in [3.63, 3.8) is 0 Å². The summed E-state index contributed by atoms with van der Waals surface area (Å²) in [6, 6.07) is 0. The van der Waals surface area contributed by atoms with Crippen LogP contribution in [0.1, 0.15) is 66.2 Å². The van der Waals surface area contributed by atoms with E-state index < -0.39 is 0 Å². The highest BCUT2D eigenvalue weighted by Gasteiger charge is 2.36. The Hall–Kier alpha value is 0.440. The normalized spacial score (nSPS) is 31.8. The van der Waals surface area contributed by atoms with Crippen LogP contribution in [0.15, 0.2) is 0 Å². The first-order valence-corrected chi connectivity index (χ1v) is 8.39. The lowest BCUT2D eigenvalue weighted by Gasteiger charge is -2.41. The zero-order valence-electron chi connectivity index (χ0n) is 12.0. The highest BCUT2D eigenvalue weighted by molar-refractivity contribution is 9.09. The minimum Gasteiger partial charge on any atom is -0.371 e. The van der Waals surface area contributed by atoms with Crippen molar-refractivity contribution < 1.29 is 4.74 Å². The second-order valence-corrected chi connectivity index (χ2v) is 6.68. The molecule has 17 heavy (non-hydrogen) atoms. The van der Waals surface area contributed by atoms with Gasteiger partial charge in [-0.2, -0.15) is 0 Å². The molecule has 0 spiro atoms. The summed E-state index contributed by atoms with van der Waals surface area (Å²) in [5.74, 6) is 1.56. The Balaban J connectivity index is 2.49. The van der Waals surface area contributed by atoms with Crippen LogP contribution in [0.4, 0.5) is 0 Å². The summed E-state index contributed by atoms with van der Waals surface area (Å²) in [6.07, 6.45) is 8.28. The molecule has 0 aliphatic heterocycles. The van der Waals surface area contributed by atoms with E-state index in [-0.39, 0.29) is 5.60 Å². The van der Waals surface area contributed by atoms with Crippen LogP contribution in [0, 0.1) is 11.8 Å². The van der Waals surface area contributed by atoms with Crippen molar-refractivity contribution in [1.82, 2.24) is 0 Å². The molecule has 2 heteroatoms. The van der Waals surface area contributed by atoms with E-state index in [1.165, 1.54) is 38.5 Å². The molecule has 0 aromatic rings. The van der Waals surface area contributed by atoms with E-state index in [1.54, 1.807) is 0 Å². The predicted molar refractivity (Wildman–Crippen MR) is 78.8 cm³/mol. The molecular weight excluding hydrogens is 276 g/mol. The van der Waals surface area contributed by atoms with Crippen LogP contribution in [0.3, 0.4) is 0 Å². The van der Waals surface area contributed by atoms with E-state index in [4.69, 9.17) is 4.74 Å².